The summed E-state index contributed by atoms with van der Waals surface area (Å²) < 4.78 is 10.0. The van der Waals surface area contributed by atoms with Crippen molar-refractivity contribution in [2.24, 2.45) is 0 Å². The van der Waals surface area contributed by atoms with Crippen molar-refractivity contribution in [3.63, 3.8) is 0 Å². The molecule has 0 saturated carbocycles. The van der Waals surface area contributed by atoms with Gasteiger partial charge in [-0.1, -0.05) is 30.3 Å². The van der Waals surface area contributed by atoms with Gasteiger partial charge in [-0.2, -0.15) is 0 Å². The monoisotopic (exact) mass is 381 g/mol. The summed E-state index contributed by atoms with van der Waals surface area (Å²) in [6, 6.07) is 7.92. The minimum absolute atomic E-state index is 0. The maximum atomic E-state index is 11.6. The van der Waals surface area contributed by atoms with E-state index in [1.54, 1.807) is 20.8 Å². The van der Waals surface area contributed by atoms with Crippen molar-refractivity contribution >= 4 is 11.9 Å². The van der Waals surface area contributed by atoms with E-state index in [1.165, 1.54) is 0 Å². The number of esters is 2. The molecule has 0 fully saturated rings. The van der Waals surface area contributed by atoms with Gasteiger partial charge in [0, 0.05) is 25.9 Å². The van der Waals surface area contributed by atoms with Crippen molar-refractivity contribution in [3.8, 4) is 0 Å². The molecule has 119 valence electrons. The maximum Gasteiger partial charge on any atom is 0.305 e. The summed E-state index contributed by atoms with van der Waals surface area (Å²) in [5.74, 6) is -1.30. The molecular weight excluding hydrogens is 361 g/mol. The smallest absolute Gasteiger partial charge is 0.305 e. The van der Waals surface area contributed by atoms with Crippen LogP contribution in [0.4, 0.5) is 0 Å². The molecule has 1 aromatic carbocycles. The second-order valence-corrected chi connectivity index (χ2v) is 5.44. The van der Waals surface area contributed by atoms with Gasteiger partial charge in [-0.15, -0.1) is 0 Å². The van der Waals surface area contributed by atoms with Crippen LogP contribution in [0, 0.1) is 0 Å². The van der Waals surface area contributed by atoms with Gasteiger partial charge in [-0.05, 0) is 32.4 Å². The first-order valence-corrected chi connectivity index (χ1v) is 6.41. The van der Waals surface area contributed by atoms with Crippen molar-refractivity contribution in [1.82, 2.24) is 0 Å². The fraction of sp³-hybridized carbons (Fsp3) is 0.467. The Hall–Kier alpha value is -1.26. The normalized spacial score (nSPS) is 12.0. The molecule has 0 heterocycles. The average molecular weight is 381 g/mol. The minimum Gasteiger partial charge on any atom is -0.665 e. The summed E-state index contributed by atoms with van der Waals surface area (Å²) in [5, 5.41) is 0. The summed E-state index contributed by atoms with van der Waals surface area (Å²) in [7, 11) is 0. The number of hydrogen-bond acceptors (Lipinski definition) is 4. The predicted octanol–water partition coefficient (Wildman–Crippen LogP) is 2.88. The van der Waals surface area contributed by atoms with Crippen LogP contribution in [0.15, 0.2) is 30.3 Å². The molecule has 0 bridgehead atoms. The SMILES string of the molecule is CC(C)(C)OC(=O)C[C@H]([NH-])C(=O)OCc1ccccc1.[Rh]. The van der Waals surface area contributed by atoms with Gasteiger partial charge in [-0.25, -0.2) is 0 Å². The molecule has 0 unspecified atom stereocenters. The van der Waals surface area contributed by atoms with Crippen LogP contribution in [0.2, 0.25) is 0 Å². The maximum absolute atomic E-state index is 11.6. The van der Waals surface area contributed by atoms with Crippen LogP contribution < -0.4 is 0 Å². The second kappa shape index (κ2) is 8.90. The topological polar surface area (TPSA) is 76.4 Å². The molecule has 0 aliphatic carbocycles. The molecule has 1 aromatic rings. The van der Waals surface area contributed by atoms with Gasteiger partial charge in [-0.3, -0.25) is 9.59 Å². The number of carbonyl (C=O) groups is 2. The number of nitrogens with one attached hydrogen (secondary N) is 1. The molecule has 1 N–H and O–H groups in total. The van der Waals surface area contributed by atoms with Crippen LogP contribution in [0.5, 0.6) is 0 Å². The first kappa shape index (κ1) is 19.7. The van der Waals surface area contributed by atoms with Gasteiger partial charge < -0.3 is 15.2 Å². The largest absolute Gasteiger partial charge is 0.665 e. The zero-order chi connectivity index (χ0) is 15.2. The molecule has 5 nitrogen and oxygen atoms in total. The molecule has 1 atom stereocenters. The van der Waals surface area contributed by atoms with Gasteiger partial charge in [0.15, 0.2) is 0 Å². The summed E-state index contributed by atoms with van der Waals surface area (Å²) in [5.41, 5.74) is 7.82. The number of hydrogen-bond donors (Lipinski definition) is 0. The molecule has 0 aliphatic rings. The molecule has 6 heteroatoms. The second-order valence-electron chi connectivity index (χ2n) is 5.44. The molecule has 0 spiro atoms. The molecule has 1 rings (SSSR count). The molecule has 0 amide bonds. The van der Waals surface area contributed by atoms with Crippen LogP contribution in [0.3, 0.4) is 0 Å². The van der Waals surface area contributed by atoms with Gasteiger partial charge in [0.1, 0.15) is 12.2 Å². The van der Waals surface area contributed by atoms with Gasteiger partial charge in [0.05, 0.1) is 0 Å². The zero-order valence-corrected chi connectivity index (χ0v) is 14.0. The van der Waals surface area contributed by atoms with Crippen molar-refractivity contribution in [2.45, 2.75) is 45.4 Å². The quantitative estimate of drug-likeness (QED) is 0.581. The third-order valence-electron chi connectivity index (χ3n) is 2.30. The Kier molecular flexibility index (Phi) is 8.37. The molecule has 1 radical (unpaired) electrons. The number of benzene rings is 1. The van der Waals surface area contributed by atoms with E-state index >= 15 is 0 Å². The molecule has 0 aromatic heterocycles. The van der Waals surface area contributed by atoms with Crippen molar-refractivity contribution in [2.75, 3.05) is 0 Å². The Morgan fingerprint density at radius 3 is 2.29 bits per heavy atom. The van der Waals surface area contributed by atoms with Crippen molar-refractivity contribution in [3.05, 3.63) is 41.6 Å². The van der Waals surface area contributed by atoms with E-state index in [0.29, 0.717) is 0 Å². The van der Waals surface area contributed by atoms with Crippen LogP contribution in [0.25, 0.3) is 5.73 Å². The van der Waals surface area contributed by atoms with Crippen LogP contribution >= 0.6 is 0 Å². The zero-order valence-electron chi connectivity index (χ0n) is 12.3. The van der Waals surface area contributed by atoms with E-state index in [2.05, 4.69) is 0 Å². The molecule has 0 aliphatic heterocycles. The molecule has 0 saturated heterocycles. The van der Waals surface area contributed by atoms with E-state index in [0.717, 1.165) is 5.56 Å². The van der Waals surface area contributed by atoms with E-state index in [9.17, 15) is 9.59 Å². The summed E-state index contributed by atoms with van der Waals surface area (Å²) in [4.78, 5) is 23.1. The van der Waals surface area contributed by atoms with E-state index in [-0.39, 0.29) is 32.5 Å². The third kappa shape index (κ3) is 8.58. The van der Waals surface area contributed by atoms with E-state index < -0.39 is 23.6 Å². The fourth-order valence-electron chi connectivity index (χ4n) is 1.46. The standard InChI is InChI=1S/C15H20NO4.Rh/c1-15(2,3)20-13(17)9-12(16)14(18)19-10-11-7-5-4-6-8-11;/h4-8,12,16H,9-10H2,1-3H3;/q-1;/t12-;/m0./s1. The van der Waals surface area contributed by atoms with Gasteiger partial charge in [0.2, 0.25) is 0 Å². The first-order chi connectivity index (χ1) is 9.28. The Bertz CT molecular complexity index is 456. The summed E-state index contributed by atoms with van der Waals surface area (Å²) in [6.07, 6.45) is -0.301. The minimum atomic E-state index is -1.26. The molecular formula is C15H20NO4Rh-. The van der Waals surface area contributed by atoms with Gasteiger partial charge in [0.25, 0.3) is 5.97 Å². The van der Waals surface area contributed by atoms with Crippen LogP contribution in [0.1, 0.15) is 32.8 Å². The Morgan fingerprint density at radius 2 is 1.76 bits per heavy atom. The summed E-state index contributed by atoms with van der Waals surface area (Å²) >= 11 is 0. The Labute approximate surface area is 137 Å². The first-order valence-electron chi connectivity index (χ1n) is 6.41. The van der Waals surface area contributed by atoms with E-state index in [4.69, 9.17) is 15.2 Å². The Morgan fingerprint density at radius 1 is 1.19 bits per heavy atom. The van der Waals surface area contributed by atoms with Gasteiger partial charge >= 0.3 is 5.97 Å². The fourth-order valence-corrected chi connectivity index (χ4v) is 1.46. The number of rotatable bonds is 5. The van der Waals surface area contributed by atoms with E-state index in [1.807, 2.05) is 30.3 Å². The predicted molar refractivity (Wildman–Crippen MR) is 74.8 cm³/mol. The van der Waals surface area contributed by atoms with Crippen molar-refractivity contribution < 1.29 is 38.5 Å². The third-order valence-corrected chi connectivity index (χ3v) is 2.30. The van der Waals surface area contributed by atoms with Crippen molar-refractivity contribution in [1.29, 1.82) is 0 Å². The molecule has 21 heavy (non-hydrogen) atoms. The van der Waals surface area contributed by atoms with Crippen LogP contribution in [-0.4, -0.2) is 23.6 Å². The number of carbonyl (C=O) groups excluding carboxylic acids is 2. The Balaban J connectivity index is 0.00000400. The average Bonchev–Trinajstić information content (AvgIpc) is 2.34. The summed E-state index contributed by atoms with van der Waals surface area (Å²) in [6.45, 7) is 5.30. The van der Waals surface area contributed by atoms with Crippen LogP contribution in [-0.2, 0) is 45.1 Å². The number of ether oxygens (including phenoxy) is 2.